The maximum atomic E-state index is 2.38. The number of benzene rings is 2. The Kier molecular flexibility index (Phi) is 18.3. The summed E-state index contributed by atoms with van der Waals surface area (Å²) in [5, 5.41) is 0. The standard InChI is InChI=1S/C39H64/c1-5-7-9-11-13-15-17-19-21-23-25-35-27-31-37(32-28-35)39(3,4)38-33-29-36(30-34-38)26-24-22-20-18-16-14-12-10-8-6-2/h27-34H,5-26H2,1-4H3. The fourth-order valence-electron chi connectivity index (χ4n) is 5.98. The zero-order chi connectivity index (χ0) is 28.0. The molecule has 0 heteroatoms. The first-order valence-electron chi connectivity index (χ1n) is 17.3. The van der Waals surface area contributed by atoms with Crippen LogP contribution < -0.4 is 0 Å². The van der Waals surface area contributed by atoms with Crippen LogP contribution in [0, 0.1) is 0 Å². The first kappa shape index (κ1) is 33.6. The maximum Gasteiger partial charge on any atom is 0.0146 e. The van der Waals surface area contributed by atoms with E-state index in [2.05, 4.69) is 76.2 Å². The lowest BCUT2D eigenvalue weighted by atomic mass is 9.77. The van der Waals surface area contributed by atoms with Gasteiger partial charge in [0.05, 0.1) is 0 Å². The highest BCUT2D eigenvalue weighted by Crippen LogP contribution is 2.32. The lowest BCUT2D eigenvalue weighted by Crippen LogP contribution is -2.18. The molecule has 0 aliphatic rings. The van der Waals surface area contributed by atoms with Crippen molar-refractivity contribution in [2.45, 2.75) is 174 Å². The second-order valence-electron chi connectivity index (χ2n) is 12.9. The minimum absolute atomic E-state index is 0.0469. The molecular formula is C39H64. The van der Waals surface area contributed by atoms with Gasteiger partial charge in [0.25, 0.3) is 0 Å². The van der Waals surface area contributed by atoms with Gasteiger partial charge in [0.1, 0.15) is 0 Å². The highest BCUT2D eigenvalue weighted by molar-refractivity contribution is 5.39. The maximum absolute atomic E-state index is 2.38. The molecule has 0 aromatic heterocycles. The van der Waals surface area contributed by atoms with Gasteiger partial charge in [-0.05, 0) is 47.9 Å². The first-order chi connectivity index (χ1) is 19.1. The molecule has 2 aromatic carbocycles. The van der Waals surface area contributed by atoms with Gasteiger partial charge in [-0.1, -0.05) is 192 Å². The van der Waals surface area contributed by atoms with Crippen molar-refractivity contribution in [1.82, 2.24) is 0 Å². The van der Waals surface area contributed by atoms with Crippen LogP contribution in [0.4, 0.5) is 0 Å². The van der Waals surface area contributed by atoms with Crippen molar-refractivity contribution < 1.29 is 0 Å². The molecule has 0 atom stereocenters. The monoisotopic (exact) mass is 533 g/mol. The molecule has 2 aromatic rings. The summed E-state index contributed by atoms with van der Waals surface area (Å²) in [4.78, 5) is 0. The predicted octanol–water partition coefficient (Wildman–Crippen LogP) is 12.9. The van der Waals surface area contributed by atoms with Crippen LogP contribution in [0.1, 0.15) is 178 Å². The van der Waals surface area contributed by atoms with Gasteiger partial charge in [-0.3, -0.25) is 0 Å². The Morgan fingerprint density at radius 3 is 0.897 bits per heavy atom. The molecule has 0 N–H and O–H groups in total. The van der Waals surface area contributed by atoms with Crippen LogP contribution in [0.5, 0.6) is 0 Å². The third-order valence-electron chi connectivity index (χ3n) is 8.99. The molecule has 0 spiro atoms. The molecule has 0 aliphatic carbocycles. The normalized spacial score (nSPS) is 11.8. The van der Waals surface area contributed by atoms with Crippen LogP contribution in [0.3, 0.4) is 0 Å². The summed E-state index contributed by atoms with van der Waals surface area (Å²) in [5.41, 5.74) is 5.90. The lowest BCUT2D eigenvalue weighted by molar-refractivity contribution is 0.556. The third-order valence-corrected chi connectivity index (χ3v) is 8.99. The number of unbranched alkanes of at least 4 members (excludes halogenated alkanes) is 18. The van der Waals surface area contributed by atoms with Crippen molar-refractivity contribution in [2.24, 2.45) is 0 Å². The Morgan fingerprint density at radius 1 is 0.359 bits per heavy atom. The number of hydrogen-bond donors (Lipinski definition) is 0. The molecule has 0 radical (unpaired) electrons. The molecule has 220 valence electrons. The van der Waals surface area contributed by atoms with Gasteiger partial charge in [-0.2, -0.15) is 0 Å². The van der Waals surface area contributed by atoms with Gasteiger partial charge in [-0.15, -0.1) is 0 Å². The fourth-order valence-corrected chi connectivity index (χ4v) is 5.98. The highest BCUT2D eigenvalue weighted by atomic mass is 14.3. The van der Waals surface area contributed by atoms with E-state index in [1.54, 1.807) is 0 Å². The predicted molar refractivity (Wildman–Crippen MR) is 176 cm³/mol. The summed E-state index contributed by atoms with van der Waals surface area (Å²) >= 11 is 0. The average molecular weight is 533 g/mol. The van der Waals surface area contributed by atoms with Crippen LogP contribution in [0.25, 0.3) is 0 Å². The lowest BCUT2D eigenvalue weighted by Gasteiger charge is -2.26. The number of rotatable bonds is 24. The van der Waals surface area contributed by atoms with Crippen molar-refractivity contribution in [3.8, 4) is 0 Å². The fraction of sp³-hybridized carbons (Fsp3) is 0.692. The van der Waals surface area contributed by atoms with Crippen molar-refractivity contribution >= 4 is 0 Å². The smallest absolute Gasteiger partial charge is 0.0146 e. The second-order valence-corrected chi connectivity index (χ2v) is 12.9. The van der Waals surface area contributed by atoms with E-state index in [1.807, 2.05) is 0 Å². The summed E-state index contributed by atoms with van der Waals surface area (Å²) in [7, 11) is 0. The molecule has 0 saturated heterocycles. The largest absolute Gasteiger partial charge is 0.0654 e. The van der Waals surface area contributed by atoms with Crippen LogP contribution >= 0.6 is 0 Å². The highest BCUT2D eigenvalue weighted by Gasteiger charge is 2.22. The summed E-state index contributed by atoms with van der Waals surface area (Å²) in [6.45, 7) is 9.35. The first-order valence-corrected chi connectivity index (χ1v) is 17.3. The van der Waals surface area contributed by atoms with Crippen LogP contribution in [0.15, 0.2) is 48.5 Å². The molecule has 39 heavy (non-hydrogen) atoms. The zero-order valence-corrected chi connectivity index (χ0v) is 26.7. The summed E-state index contributed by atoms with van der Waals surface area (Å²) in [5.74, 6) is 0. The molecule has 0 saturated carbocycles. The van der Waals surface area contributed by atoms with Crippen molar-refractivity contribution in [2.75, 3.05) is 0 Å². The number of aryl methyl sites for hydroxylation is 2. The third kappa shape index (κ3) is 14.6. The molecule has 0 aliphatic heterocycles. The van der Waals surface area contributed by atoms with E-state index in [1.165, 1.54) is 164 Å². The Labute approximate surface area is 244 Å². The minimum atomic E-state index is 0.0469. The van der Waals surface area contributed by atoms with Crippen molar-refractivity contribution in [1.29, 1.82) is 0 Å². The molecule has 0 amide bonds. The van der Waals surface area contributed by atoms with Gasteiger partial charge < -0.3 is 0 Å². The van der Waals surface area contributed by atoms with Crippen molar-refractivity contribution in [3.63, 3.8) is 0 Å². The minimum Gasteiger partial charge on any atom is -0.0654 e. The van der Waals surface area contributed by atoms with Gasteiger partial charge in [-0.25, -0.2) is 0 Å². The SMILES string of the molecule is CCCCCCCCCCCCc1ccc(C(C)(C)c2ccc(CCCCCCCCCCCC)cc2)cc1. The van der Waals surface area contributed by atoms with Gasteiger partial charge in [0, 0.05) is 5.41 Å². The van der Waals surface area contributed by atoms with E-state index in [0.717, 1.165) is 0 Å². The Hall–Kier alpha value is -1.56. The van der Waals surface area contributed by atoms with Gasteiger partial charge >= 0.3 is 0 Å². The van der Waals surface area contributed by atoms with E-state index >= 15 is 0 Å². The summed E-state index contributed by atoms with van der Waals surface area (Å²) in [6.07, 6.45) is 30.6. The molecular weight excluding hydrogens is 468 g/mol. The Morgan fingerprint density at radius 2 is 0.615 bits per heavy atom. The van der Waals surface area contributed by atoms with Crippen molar-refractivity contribution in [3.05, 3.63) is 70.8 Å². The van der Waals surface area contributed by atoms with Crippen LogP contribution in [-0.4, -0.2) is 0 Å². The Balaban J connectivity index is 1.63. The zero-order valence-electron chi connectivity index (χ0n) is 26.7. The quantitative estimate of drug-likeness (QED) is 0.118. The Bertz CT molecular complexity index is 741. The molecule has 2 rings (SSSR count). The van der Waals surface area contributed by atoms with E-state index < -0.39 is 0 Å². The summed E-state index contributed by atoms with van der Waals surface area (Å²) in [6, 6.07) is 19.0. The van der Waals surface area contributed by atoms with E-state index in [4.69, 9.17) is 0 Å². The van der Waals surface area contributed by atoms with Crippen LogP contribution in [-0.2, 0) is 18.3 Å². The molecule has 0 fully saturated rings. The second kappa shape index (κ2) is 21.2. The number of hydrogen-bond acceptors (Lipinski definition) is 0. The molecule has 0 heterocycles. The average Bonchev–Trinajstić information content (AvgIpc) is 2.95. The molecule has 0 unspecified atom stereocenters. The topological polar surface area (TPSA) is 0 Å². The van der Waals surface area contributed by atoms with E-state index in [0.29, 0.717) is 0 Å². The van der Waals surface area contributed by atoms with Gasteiger partial charge in [0.2, 0.25) is 0 Å². The summed E-state index contributed by atoms with van der Waals surface area (Å²) < 4.78 is 0. The molecule has 0 nitrogen and oxygen atoms in total. The van der Waals surface area contributed by atoms with E-state index in [9.17, 15) is 0 Å². The van der Waals surface area contributed by atoms with Gasteiger partial charge in [0.15, 0.2) is 0 Å². The molecule has 0 bridgehead atoms. The van der Waals surface area contributed by atoms with Crippen LogP contribution in [0.2, 0.25) is 0 Å². The van der Waals surface area contributed by atoms with E-state index in [-0.39, 0.29) is 5.41 Å².